The van der Waals surface area contributed by atoms with Crippen LogP contribution in [0.3, 0.4) is 0 Å². The molecule has 3 rings (SSSR count). The molecule has 4 heteroatoms. The zero-order chi connectivity index (χ0) is 11.7. The van der Waals surface area contributed by atoms with Gasteiger partial charge in [0.05, 0.1) is 24.9 Å². The van der Waals surface area contributed by atoms with Gasteiger partial charge >= 0.3 is 0 Å². The molecule has 0 amide bonds. The summed E-state index contributed by atoms with van der Waals surface area (Å²) in [6.45, 7) is 6.23. The molecule has 0 spiro atoms. The van der Waals surface area contributed by atoms with Crippen LogP contribution in [0.5, 0.6) is 0 Å². The van der Waals surface area contributed by atoms with E-state index >= 15 is 0 Å². The first-order valence-electron chi connectivity index (χ1n) is 7.03. The van der Waals surface area contributed by atoms with Crippen molar-refractivity contribution in [2.24, 2.45) is 5.92 Å². The normalized spacial score (nSPS) is 32.3. The number of nitrogens with zero attached hydrogens (tertiary/aromatic N) is 1. The van der Waals surface area contributed by atoms with Gasteiger partial charge in [-0.25, -0.2) is 0 Å². The molecule has 0 bridgehead atoms. The first kappa shape index (κ1) is 11.9. The Morgan fingerprint density at radius 1 is 1.06 bits per heavy atom. The van der Waals surface area contributed by atoms with Crippen LogP contribution >= 0.6 is 0 Å². The van der Waals surface area contributed by atoms with Crippen molar-refractivity contribution >= 4 is 0 Å². The summed E-state index contributed by atoms with van der Waals surface area (Å²) in [7, 11) is 0. The van der Waals surface area contributed by atoms with Crippen molar-refractivity contribution in [3.63, 3.8) is 0 Å². The van der Waals surface area contributed by atoms with E-state index < -0.39 is 0 Å². The smallest absolute Gasteiger partial charge is 0.0708 e. The van der Waals surface area contributed by atoms with Crippen molar-refractivity contribution < 1.29 is 9.84 Å². The Morgan fingerprint density at radius 2 is 1.71 bits per heavy atom. The van der Waals surface area contributed by atoms with Crippen molar-refractivity contribution in [2.45, 2.75) is 37.3 Å². The summed E-state index contributed by atoms with van der Waals surface area (Å²) in [5.41, 5.74) is 0.308. The molecule has 3 fully saturated rings. The molecule has 0 radical (unpaired) electrons. The zero-order valence-corrected chi connectivity index (χ0v) is 10.5. The van der Waals surface area contributed by atoms with Crippen LogP contribution in [0.2, 0.25) is 0 Å². The second kappa shape index (κ2) is 4.84. The number of piperidine rings is 2. The van der Waals surface area contributed by atoms with Crippen molar-refractivity contribution in [1.82, 2.24) is 10.2 Å². The zero-order valence-electron chi connectivity index (χ0n) is 10.5. The maximum atomic E-state index is 9.63. The highest BCUT2D eigenvalue weighted by atomic mass is 16.5. The van der Waals surface area contributed by atoms with Gasteiger partial charge in [-0.15, -0.1) is 0 Å². The molecule has 0 unspecified atom stereocenters. The van der Waals surface area contributed by atoms with Gasteiger partial charge in [-0.2, -0.15) is 0 Å². The van der Waals surface area contributed by atoms with Crippen LogP contribution in [0, 0.1) is 5.92 Å². The predicted molar refractivity (Wildman–Crippen MR) is 66.0 cm³/mol. The molecule has 4 nitrogen and oxygen atoms in total. The highest BCUT2D eigenvalue weighted by Gasteiger charge is 2.50. The minimum atomic E-state index is -0.0719. The van der Waals surface area contributed by atoms with E-state index in [2.05, 4.69) is 10.2 Å². The number of ether oxygens (including phenoxy) is 1. The molecule has 3 heterocycles. The molecule has 0 aromatic heterocycles. The fourth-order valence-electron chi connectivity index (χ4n) is 3.66. The third kappa shape index (κ3) is 2.12. The SMILES string of the molecule is OC1CCN(C2(C3CCNCC3)COC2)CC1. The van der Waals surface area contributed by atoms with Gasteiger partial charge in [0.25, 0.3) is 0 Å². The maximum absolute atomic E-state index is 9.63. The Balaban J connectivity index is 1.68. The first-order valence-corrected chi connectivity index (χ1v) is 7.03. The van der Waals surface area contributed by atoms with Crippen LogP contribution in [0.1, 0.15) is 25.7 Å². The third-order valence-corrected chi connectivity index (χ3v) is 4.90. The molecule has 0 aromatic rings. The van der Waals surface area contributed by atoms with E-state index in [1.165, 1.54) is 12.8 Å². The number of hydrogen-bond acceptors (Lipinski definition) is 4. The monoisotopic (exact) mass is 240 g/mol. The lowest BCUT2D eigenvalue weighted by Crippen LogP contribution is -2.68. The van der Waals surface area contributed by atoms with Crippen LogP contribution in [-0.2, 0) is 4.74 Å². The van der Waals surface area contributed by atoms with Crippen LogP contribution in [0.15, 0.2) is 0 Å². The second-order valence-electron chi connectivity index (χ2n) is 5.84. The van der Waals surface area contributed by atoms with E-state index in [-0.39, 0.29) is 6.10 Å². The molecule has 3 aliphatic heterocycles. The average molecular weight is 240 g/mol. The number of likely N-dealkylation sites (tertiary alicyclic amines) is 1. The summed E-state index contributed by atoms with van der Waals surface area (Å²) in [6.07, 6.45) is 4.36. The number of aliphatic hydroxyl groups excluding tert-OH is 1. The van der Waals surface area contributed by atoms with E-state index in [1.807, 2.05) is 0 Å². The largest absolute Gasteiger partial charge is 0.393 e. The van der Waals surface area contributed by atoms with Gasteiger partial charge in [-0.3, -0.25) is 4.90 Å². The number of hydrogen-bond donors (Lipinski definition) is 2. The van der Waals surface area contributed by atoms with E-state index in [0.29, 0.717) is 5.54 Å². The number of nitrogens with one attached hydrogen (secondary N) is 1. The Labute approximate surface area is 103 Å². The van der Waals surface area contributed by atoms with Gasteiger partial charge < -0.3 is 15.2 Å². The van der Waals surface area contributed by atoms with Crippen LogP contribution in [-0.4, -0.2) is 61.0 Å². The van der Waals surface area contributed by atoms with E-state index in [1.54, 1.807) is 0 Å². The van der Waals surface area contributed by atoms with Crippen molar-refractivity contribution in [3.05, 3.63) is 0 Å². The Kier molecular flexibility index (Phi) is 3.39. The molecular formula is C13H24N2O2. The van der Waals surface area contributed by atoms with Crippen LogP contribution in [0.4, 0.5) is 0 Å². The molecule has 17 heavy (non-hydrogen) atoms. The predicted octanol–water partition coefficient (Wildman–Crippen LogP) is 0.212. The fourth-order valence-corrected chi connectivity index (χ4v) is 3.66. The minimum absolute atomic E-state index is 0.0719. The summed E-state index contributed by atoms with van der Waals surface area (Å²) in [4.78, 5) is 2.61. The van der Waals surface area contributed by atoms with Gasteiger partial charge in [-0.05, 0) is 44.7 Å². The van der Waals surface area contributed by atoms with E-state index in [9.17, 15) is 5.11 Å². The summed E-state index contributed by atoms with van der Waals surface area (Å²) in [5.74, 6) is 0.785. The summed E-state index contributed by atoms with van der Waals surface area (Å²) >= 11 is 0. The molecule has 0 aliphatic carbocycles. The third-order valence-electron chi connectivity index (χ3n) is 4.90. The summed E-state index contributed by atoms with van der Waals surface area (Å²) in [6, 6.07) is 0. The van der Waals surface area contributed by atoms with Gasteiger partial charge in [0.15, 0.2) is 0 Å². The van der Waals surface area contributed by atoms with E-state index in [0.717, 1.165) is 58.2 Å². The topological polar surface area (TPSA) is 44.7 Å². The average Bonchev–Trinajstić information content (AvgIpc) is 2.32. The van der Waals surface area contributed by atoms with Gasteiger partial charge in [-0.1, -0.05) is 0 Å². The molecular weight excluding hydrogens is 216 g/mol. The molecule has 0 atom stereocenters. The molecule has 0 aromatic carbocycles. The lowest BCUT2D eigenvalue weighted by atomic mass is 9.74. The van der Waals surface area contributed by atoms with Crippen LogP contribution < -0.4 is 5.32 Å². The second-order valence-corrected chi connectivity index (χ2v) is 5.84. The summed E-state index contributed by atoms with van der Waals surface area (Å²) < 4.78 is 5.55. The molecule has 98 valence electrons. The standard InChI is InChI=1S/C13H24N2O2/c16-12-3-7-15(8-4-12)13(9-17-10-13)11-1-5-14-6-2-11/h11-12,14,16H,1-10H2. The molecule has 3 saturated heterocycles. The van der Waals surface area contributed by atoms with Crippen molar-refractivity contribution in [1.29, 1.82) is 0 Å². The van der Waals surface area contributed by atoms with Gasteiger partial charge in [0, 0.05) is 13.1 Å². The molecule has 3 aliphatic rings. The lowest BCUT2D eigenvalue weighted by Gasteiger charge is -2.56. The Hall–Kier alpha value is -0.160. The lowest BCUT2D eigenvalue weighted by molar-refractivity contribution is -0.182. The molecule has 2 N–H and O–H groups in total. The van der Waals surface area contributed by atoms with Crippen molar-refractivity contribution in [3.8, 4) is 0 Å². The van der Waals surface area contributed by atoms with Gasteiger partial charge in [0.1, 0.15) is 0 Å². The van der Waals surface area contributed by atoms with E-state index in [4.69, 9.17) is 4.74 Å². The first-order chi connectivity index (χ1) is 8.31. The maximum Gasteiger partial charge on any atom is 0.0708 e. The highest BCUT2D eigenvalue weighted by molar-refractivity contribution is 5.04. The Morgan fingerprint density at radius 3 is 2.24 bits per heavy atom. The number of aliphatic hydroxyl groups is 1. The molecule has 0 saturated carbocycles. The fraction of sp³-hybridized carbons (Fsp3) is 1.00. The Bertz CT molecular complexity index is 254. The van der Waals surface area contributed by atoms with Crippen molar-refractivity contribution in [2.75, 3.05) is 39.4 Å². The van der Waals surface area contributed by atoms with Gasteiger partial charge in [0.2, 0.25) is 0 Å². The van der Waals surface area contributed by atoms with Crippen LogP contribution in [0.25, 0.3) is 0 Å². The minimum Gasteiger partial charge on any atom is -0.393 e. The highest BCUT2D eigenvalue weighted by Crippen LogP contribution is 2.39. The quantitative estimate of drug-likeness (QED) is 0.724. The summed E-state index contributed by atoms with van der Waals surface area (Å²) in [5, 5.41) is 13.1. The number of rotatable bonds is 2.